The van der Waals surface area contributed by atoms with Crippen molar-refractivity contribution < 1.29 is 35.9 Å². The third kappa shape index (κ3) is 4.73. The molecule has 0 saturated carbocycles. The monoisotopic (exact) mass is 222 g/mol. The quantitative estimate of drug-likeness (QED) is 0.540. The molecule has 0 aliphatic carbocycles. The van der Waals surface area contributed by atoms with Crippen molar-refractivity contribution >= 4 is 5.97 Å². The smallest absolute Gasteiger partial charge is 0.442 e. The minimum atomic E-state index is -5.20. The summed E-state index contributed by atoms with van der Waals surface area (Å²) in [4.78, 5) is 9.97. The molecule has 2 nitrogen and oxygen atoms in total. The predicted octanol–water partition coefficient (Wildman–Crippen LogP) is 2.21. The van der Waals surface area contributed by atoms with Crippen molar-refractivity contribution in [2.24, 2.45) is 0 Å². The molecule has 0 rings (SSSR count). The van der Waals surface area contributed by atoms with Crippen LogP contribution in [-0.2, 0) is 9.53 Å². The predicted molar refractivity (Wildman–Crippen MR) is 32.2 cm³/mol. The highest BCUT2D eigenvalue weighted by atomic mass is 19.4. The van der Waals surface area contributed by atoms with E-state index >= 15 is 0 Å². The molecule has 0 amide bonds. The van der Waals surface area contributed by atoms with E-state index in [9.17, 15) is 31.1 Å². The molecular weight excluding hydrogens is 218 g/mol. The van der Waals surface area contributed by atoms with Crippen LogP contribution in [0.5, 0.6) is 0 Å². The van der Waals surface area contributed by atoms with Gasteiger partial charge < -0.3 is 4.74 Å². The van der Waals surface area contributed by atoms with Crippen LogP contribution in [0, 0.1) is 0 Å². The fourth-order valence-corrected chi connectivity index (χ4v) is 0.376. The van der Waals surface area contributed by atoms with E-state index < -0.39 is 31.0 Å². The van der Waals surface area contributed by atoms with E-state index in [2.05, 4.69) is 4.74 Å². The van der Waals surface area contributed by atoms with E-state index in [1.807, 2.05) is 0 Å². The highest BCUT2D eigenvalue weighted by Crippen LogP contribution is 2.25. The van der Waals surface area contributed by atoms with E-state index in [0.29, 0.717) is 0 Å². The summed E-state index contributed by atoms with van der Waals surface area (Å²) in [5, 5.41) is 0. The maximum Gasteiger partial charge on any atom is 0.442 e. The summed E-state index contributed by atoms with van der Waals surface area (Å²) in [5.74, 6) is -4.50. The summed E-state index contributed by atoms with van der Waals surface area (Å²) in [6, 6.07) is 0. The second kappa shape index (κ2) is 4.87. The lowest BCUT2D eigenvalue weighted by Crippen LogP contribution is -2.15. The van der Waals surface area contributed by atoms with E-state index in [-0.39, 0.29) is 6.08 Å². The van der Waals surface area contributed by atoms with Gasteiger partial charge in [0.05, 0.1) is 0 Å². The van der Waals surface area contributed by atoms with Gasteiger partial charge >= 0.3 is 18.6 Å². The fraction of sp³-hybridized carbons (Fsp3) is 0.500. The zero-order valence-corrected chi connectivity index (χ0v) is 6.45. The van der Waals surface area contributed by atoms with E-state index in [1.54, 1.807) is 0 Å². The second-order valence-corrected chi connectivity index (χ2v) is 1.98. The van der Waals surface area contributed by atoms with Crippen LogP contribution in [0.25, 0.3) is 0 Å². The zero-order valence-electron chi connectivity index (χ0n) is 6.45. The van der Waals surface area contributed by atoms with Crippen molar-refractivity contribution in [3.63, 3.8) is 0 Å². The van der Waals surface area contributed by atoms with Crippen LogP contribution in [0.1, 0.15) is 0 Å². The van der Waals surface area contributed by atoms with Crippen molar-refractivity contribution in [1.82, 2.24) is 0 Å². The topological polar surface area (TPSA) is 26.3 Å². The molecule has 0 radical (unpaired) electrons. The van der Waals surface area contributed by atoms with E-state index in [0.717, 1.165) is 0 Å². The van der Waals surface area contributed by atoms with Gasteiger partial charge in [0.1, 0.15) is 6.61 Å². The largest absolute Gasteiger partial charge is 0.457 e. The van der Waals surface area contributed by atoms with Crippen LogP contribution in [0.4, 0.5) is 26.3 Å². The molecule has 8 heteroatoms. The Morgan fingerprint density at radius 1 is 1.36 bits per heavy atom. The summed E-state index contributed by atoms with van der Waals surface area (Å²) in [7, 11) is 0. The van der Waals surface area contributed by atoms with Gasteiger partial charge in [-0.3, -0.25) is 0 Å². The number of allylic oxidation sites excluding steroid dienone is 1. The molecule has 0 aromatic carbocycles. The molecule has 0 N–H and O–H groups in total. The number of hydrogen-bond donors (Lipinski definition) is 0. The van der Waals surface area contributed by atoms with Gasteiger partial charge in [0, 0.05) is 0 Å². The van der Waals surface area contributed by atoms with Crippen LogP contribution >= 0.6 is 0 Å². The third-order valence-corrected chi connectivity index (χ3v) is 0.937. The van der Waals surface area contributed by atoms with Gasteiger partial charge in [0.25, 0.3) is 0 Å². The van der Waals surface area contributed by atoms with Gasteiger partial charge in [0.15, 0.2) is 0 Å². The number of hydrogen-bond acceptors (Lipinski definition) is 2. The lowest BCUT2D eigenvalue weighted by molar-refractivity contribution is -0.155. The molecule has 0 spiro atoms. The van der Waals surface area contributed by atoms with Crippen LogP contribution in [-0.4, -0.2) is 25.2 Å². The average Bonchev–Trinajstić information content (AvgIpc) is 2.01. The molecule has 0 saturated heterocycles. The Kier molecular flexibility index (Phi) is 4.45. The van der Waals surface area contributed by atoms with Gasteiger partial charge in [-0.1, -0.05) is 0 Å². The minimum Gasteiger partial charge on any atom is -0.457 e. The van der Waals surface area contributed by atoms with E-state index in [1.165, 1.54) is 0 Å². The number of carbonyl (C=O) groups excluding carboxylic acids is 1. The van der Waals surface area contributed by atoms with E-state index in [4.69, 9.17) is 0 Å². The standard InChI is InChI=1S/C6H4F6O2/c7-3(6(10,11)12)1-2-14-5(13)4(8)9/h1,4H,2H2/b3-1-. The van der Waals surface area contributed by atoms with Gasteiger partial charge in [-0.25, -0.2) is 9.18 Å². The third-order valence-electron chi connectivity index (χ3n) is 0.937. The number of halogens is 6. The molecule has 14 heavy (non-hydrogen) atoms. The number of ether oxygens (including phenoxy) is 1. The first-order valence-electron chi connectivity index (χ1n) is 3.12. The molecule has 0 fully saturated rings. The molecule has 0 aliphatic rings. The Bertz CT molecular complexity index is 231. The van der Waals surface area contributed by atoms with Crippen molar-refractivity contribution in [2.45, 2.75) is 12.6 Å². The molecule has 0 aromatic heterocycles. The Labute approximate surface area is 74.1 Å². The molecular formula is C6H4F6O2. The highest BCUT2D eigenvalue weighted by Gasteiger charge is 2.34. The summed E-state index contributed by atoms with van der Waals surface area (Å²) >= 11 is 0. The fourth-order valence-electron chi connectivity index (χ4n) is 0.376. The number of esters is 1. The number of alkyl halides is 5. The molecule has 0 unspecified atom stereocenters. The Hall–Kier alpha value is -1.21. The van der Waals surface area contributed by atoms with Crippen molar-refractivity contribution in [3.05, 3.63) is 11.9 Å². The number of carbonyl (C=O) groups is 1. The highest BCUT2D eigenvalue weighted by molar-refractivity contribution is 5.72. The average molecular weight is 222 g/mol. The number of rotatable bonds is 3. The van der Waals surface area contributed by atoms with Crippen LogP contribution in [0.3, 0.4) is 0 Å². The van der Waals surface area contributed by atoms with Crippen molar-refractivity contribution in [2.75, 3.05) is 6.61 Å². The van der Waals surface area contributed by atoms with Gasteiger partial charge in [-0.15, -0.1) is 0 Å². The van der Waals surface area contributed by atoms with Crippen LogP contribution in [0.2, 0.25) is 0 Å². The molecule has 0 heterocycles. The molecule has 82 valence electrons. The molecule has 0 bridgehead atoms. The summed E-state index contributed by atoms with van der Waals surface area (Å²) in [6.07, 6.45) is -8.80. The van der Waals surface area contributed by atoms with Gasteiger partial charge in [-0.2, -0.15) is 22.0 Å². The maximum absolute atomic E-state index is 11.9. The lowest BCUT2D eigenvalue weighted by Gasteiger charge is -2.03. The zero-order chi connectivity index (χ0) is 11.4. The lowest BCUT2D eigenvalue weighted by atomic mass is 10.4. The molecule has 0 aromatic rings. The molecule has 0 atom stereocenters. The van der Waals surface area contributed by atoms with Gasteiger partial charge in [-0.05, 0) is 6.08 Å². The maximum atomic E-state index is 11.9. The first kappa shape index (κ1) is 12.8. The van der Waals surface area contributed by atoms with Gasteiger partial charge in [0.2, 0.25) is 5.83 Å². The van der Waals surface area contributed by atoms with Crippen molar-refractivity contribution in [3.8, 4) is 0 Å². The summed E-state index contributed by atoms with van der Waals surface area (Å²) in [5.41, 5.74) is 0. The Morgan fingerprint density at radius 3 is 2.21 bits per heavy atom. The summed E-state index contributed by atoms with van der Waals surface area (Å²) < 4.78 is 72.4. The van der Waals surface area contributed by atoms with Crippen molar-refractivity contribution in [1.29, 1.82) is 0 Å². The summed E-state index contributed by atoms with van der Waals surface area (Å²) in [6.45, 7) is -1.19. The first-order valence-corrected chi connectivity index (χ1v) is 3.12. The van der Waals surface area contributed by atoms with Crippen LogP contribution < -0.4 is 0 Å². The second-order valence-electron chi connectivity index (χ2n) is 1.98. The minimum absolute atomic E-state index is 0.152. The SMILES string of the molecule is O=C(OC/C=C(\F)C(F)(F)F)C(F)F. The first-order chi connectivity index (χ1) is 6.25. The Morgan fingerprint density at radius 2 is 1.86 bits per heavy atom. The normalized spacial score (nSPS) is 13.2. The Balaban J connectivity index is 4.01. The molecule has 0 aliphatic heterocycles. The van der Waals surface area contributed by atoms with Crippen LogP contribution in [0.15, 0.2) is 11.9 Å².